The molecule has 4 rings (SSSR count). The quantitative estimate of drug-likeness (QED) is 0.568. The normalized spacial score (nSPS) is 18.0. The average Bonchev–Trinajstić information content (AvgIpc) is 3.37. The van der Waals surface area contributed by atoms with Gasteiger partial charge < -0.3 is 10.0 Å². The molecule has 0 saturated carbocycles. The molecule has 2 unspecified atom stereocenters. The monoisotopic (exact) mass is 435 g/mol. The molecule has 3 aromatic heterocycles. The summed E-state index contributed by atoms with van der Waals surface area (Å²) in [7, 11) is 0. The number of piperidine rings is 1. The molecular formula is C23H29N7O2. The second kappa shape index (κ2) is 8.71. The van der Waals surface area contributed by atoms with E-state index in [-0.39, 0.29) is 11.7 Å². The summed E-state index contributed by atoms with van der Waals surface area (Å²) >= 11 is 0. The van der Waals surface area contributed by atoms with Crippen LogP contribution in [0.25, 0.3) is 5.65 Å². The van der Waals surface area contributed by atoms with E-state index in [1.165, 1.54) is 0 Å². The third-order valence-corrected chi connectivity index (χ3v) is 5.87. The largest absolute Gasteiger partial charge is 0.389 e. The summed E-state index contributed by atoms with van der Waals surface area (Å²) in [5.41, 5.74) is 0.877. The summed E-state index contributed by atoms with van der Waals surface area (Å²) < 4.78 is 3.31. The average molecular weight is 436 g/mol. The van der Waals surface area contributed by atoms with E-state index in [9.17, 15) is 15.2 Å². The molecule has 1 fully saturated rings. The molecular weight excluding hydrogens is 406 g/mol. The Bertz CT molecular complexity index is 1150. The molecule has 32 heavy (non-hydrogen) atoms. The number of rotatable bonds is 7. The van der Waals surface area contributed by atoms with Crippen molar-refractivity contribution in [2.75, 3.05) is 18.0 Å². The van der Waals surface area contributed by atoms with Gasteiger partial charge >= 0.3 is 0 Å². The minimum Gasteiger partial charge on any atom is -0.389 e. The van der Waals surface area contributed by atoms with Crippen molar-refractivity contribution in [1.29, 1.82) is 5.26 Å². The number of fused-ring (bicyclic) bond motifs is 1. The van der Waals surface area contributed by atoms with E-state index in [1.54, 1.807) is 47.7 Å². The summed E-state index contributed by atoms with van der Waals surface area (Å²) in [4.78, 5) is 20.1. The van der Waals surface area contributed by atoms with Crippen molar-refractivity contribution in [3.8, 4) is 6.07 Å². The van der Waals surface area contributed by atoms with Crippen LogP contribution in [0.2, 0.25) is 0 Å². The van der Waals surface area contributed by atoms with Crippen molar-refractivity contribution in [3.05, 3.63) is 42.0 Å². The summed E-state index contributed by atoms with van der Waals surface area (Å²) in [5.74, 6) is 0.173. The summed E-state index contributed by atoms with van der Waals surface area (Å²) in [6.07, 6.45) is 9.21. The first-order valence-electron chi connectivity index (χ1n) is 11.1. The molecule has 9 heteroatoms. The lowest BCUT2D eigenvalue weighted by molar-refractivity contribution is 0.0578. The number of nitriles is 1. The first-order valence-corrected chi connectivity index (χ1v) is 11.1. The maximum atomic E-state index is 13.7. The Morgan fingerprint density at radius 2 is 2.25 bits per heavy atom. The van der Waals surface area contributed by atoms with E-state index >= 15 is 0 Å². The number of Topliss-reactive ketones (excluding diaryl/α,β-unsaturated/α-hetero) is 1. The van der Waals surface area contributed by atoms with Crippen molar-refractivity contribution in [3.63, 3.8) is 0 Å². The molecule has 0 radical (unpaired) electrons. The van der Waals surface area contributed by atoms with Crippen LogP contribution in [0.3, 0.4) is 0 Å². The number of nitrogens with zero attached hydrogens (tertiary/aromatic N) is 7. The van der Waals surface area contributed by atoms with Gasteiger partial charge in [-0.15, -0.1) is 0 Å². The van der Waals surface area contributed by atoms with Crippen LogP contribution in [-0.4, -0.2) is 54.0 Å². The number of ketones is 1. The van der Waals surface area contributed by atoms with Gasteiger partial charge in [-0.1, -0.05) is 6.92 Å². The molecule has 0 amide bonds. The van der Waals surface area contributed by atoms with Crippen LogP contribution in [0.1, 0.15) is 61.9 Å². The number of aliphatic hydroxyl groups is 1. The number of hydrogen-bond donors (Lipinski definition) is 1. The lowest BCUT2D eigenvalue weighted by Crippen LogP contribution is -2.36. The second-order valence-electron chi connectivity index (χ2n) is 9.10. The number of aromatic nitrogens is 5. The van der Waals surface area contributed by atoms with E-state index in [4.69, 9.17) is 5.10 Å². The Morgan fingerprint density at radius 1 is 1.44 bits per heavy atom. The lowest BCUT2D eigenvalue weighted by Gasteiger charge is -2.31. The lowest BCUT2D eigenvalue weighted by atomic mass is 9.90. The van der Waals surface area contributed by atoms with Gasteiger partial charge in [0.15, 0.2) is 17.2 Å². The van der Waals surface area contributed by atoms with E-state index in [1.807, 2.05) is 13.1 Å². The SMILES string of the molecule is CCC(C(=O)c1cnn2cccnc12)c1cn(CC(C)(C)O)nc1N1CCCC(C#N)C1. The Hall–Kier alpha value is -3.25. The second-order valence-corrected chi connectivity index (χ2v) is 9.10. The van der Waals surface area contributed by atoms with Crippen molar-refractivity contribution < 1.29 is 9.90 Å². The molecule has 1 aliphatic heterocycles. The molecule has 9 nitrogen and oxygen atoms in total. The number of carbonyl (C=O) groups excluding carboxylic acids is 1. The van der Waals surface area contributed by atoms with E-state index in [0.29, 0.717) is 30.7 Å². The molecule has 0 spiro atoms. The van der Waals surface area contributed by atoms with Crippen LogP contribution >= 0.6 is 0 Å². The van der Waals surface area contributed by atoms with Gasteiger partial charge in [-0.25, -0.2) is 9.50 Å². The summed E-state index contributed by atoms with van der Waals surface area (Å²) in [6, 6.07) is 4.14. The van der Waals surface area contributed by atoms with Gasteiger partial charge in [0.1, 0.15) is 0 Å². The smallest absolute Gasteiger partial charge is 0.175 e. The maximum absolute atomic E-state index is 13.7. The minimum absolute atomic E-state index is 0.0564. The highest BCUT2D eigenvalue weighted by Crippen LogP contribution is 2.34. The highest BCUT2D eigenvalue weighted by Gasteiger charge is 2.32. The highest BCUT2D eigenvalue weighted by molar-refractivity contribution is 6.05. The van der Waals surface area contributed by atoms with Crippen LogP contribution in [0, 0.1) is 17.2 Å². The molecule has 0 bridgehead atoms. The Balaban J connectivity index is 1.75. The molecule has 1 saturated heterocycles. The van der Waals surface area contributed by atoms with Crippen LogP contribution in [0.15, 0.2) is 30.9 Å². The van der Waals surface area contributed by atoms with Crippen molar-refractivity contribution >= 4 is 17.2 Å². The van der Waals surface area contributed by atoms with Gasteiger partial charge in [0.05, 0.1) is 41.8 Å². The Kier molecular flexibility index (Phi) is 5.98. The van der Waals surface area contributed by atoms with Crippen molar-refractivity contribution in [2.24, 2.45) is 5.92 Å². The first kappa shape index (κ1) is 22.0. The zero-order valence-corrected chi connectivity index (χ0v) is 18.8. The topological polar surface area (TPSA) is 112 Å². The van der Waals surface area contributed by atoms with E-state index in [2.05, 4.69) is 21.1 Å². The Labute approximate surface area is 187 Å². The van der Waals surface area contributed by atoms with E-state index in [0.717, 1.165) is 30.8 Å². The standard InChI is InChI=1S/C23H29N7O2/c1-4-17(20(31)18-12-26-30-10-6-8-25-21(18)30)19-14-29(15-23(2,3)32)27-22(19)28-9-5-7-16(11-24)13-28/h6,8,10,12,14,16-17,32H,4-5,7,9,13,15H2,1-3H3. The van der Waals surface area contributed by atoms with Gasteiger partial charge in [-0.3, -0.25) is 9.48 Å². The highest BCUT2D eigenvalue weighted by atomic mass is 16.3. The zero-order chi connectivity index (χ0) is 22.9. The fourth-order valence-electron chi connectivity index (χ4n) is 4.41. The van der Waals surface area contributed by atoms with Crippen LogP contribution in [-0.2, 0) is 6.54 Å². The molecule has 0 aliphatic carbocycles. The molecule has 1 N–H and O–H groups in total. The molecule has 2 atom stereocenters. The number of carbonyl (C=O) groups is 1. The zero-order valence-electron chi connectivity index (χ0n) is 18.8. The molecule has 1 aliphatic rings. The third-order valence-electron chi connectivity index (χ3n) is 5.87. The number of anilines is 1. The van der Waals surface area contributed by atoms with Crippen LogP contribution < -0.4 is 4.90 Å². The summed E-state index contributed by atoms with van der Waals surface area (Å²) in [5, 5.41) is 28.8. The molecule has 4 heterocycles. The maximum Gasteiger partial charge on any atom is 0.175 e. The molecule has 168 valence electrons. The Morgan fingerprint density at radius 3 is 2.97 bits per heavy atom. The van der Waals surface area contributed by atoms with Gasteiger partial charge in [-0.05, 0) is 39.2 Å². The van der Waals surface area contributed by atoms with E-state index < -0.39 is 11.5 Å². The van der Waals surface area contributed by atoms with Crippen LogP contribution in [0.4, 0.5) is 5.82 Å². The molecule has 0 aromatic carbocycles. The van der Waals surface area contributed by atoms with Crippen LogP contribution in [0.5, 0.6) is 0 Å². The number of hydrogen-bond acceptors (Lipinski definition) is 7. The predicted molar refractivity (Wildman–Crippen MR) is 119 cm³/mol. The summed E-state index contributed by atoms with van der Waals surface area (Å²) in [6.45, 7) is 7.12. The first-order chi connectivity index (χ1) is 15.3. The van der Waals surface area contributed by atoms with Gasteiger partial charge in [0, 0.05) is 37.2 Å². The van der Waals surface area contributed by atoms with Gasteiger partial charge in [0.2, 0.25) is 0 Å². The third kappa shape index (κ3) is 4.36. The van der Waals surface area contributed by atoms with Gasteiger partial charge in [0.25, 0.3) is 0 Å². The van der Waals surface area contributed by atoms with Crippen molar-refractivity contribution in [1.82, 2.24) is 24.4 Å². The van der Waals surface area contributed by atoms with Gasteiger partial charge in [-0.2, -0.15) is 15.5 Å². The fraction of sp³-hybridized carbons (Fsp3) is 0.522. The minimum atomic E-state index is -0.949. The predicted octanol–water partition coefficient (Wildman–Crippen LogP) is 2.81. The van der Waals surface area contributed by atoms with Crippen molar-refractivity contribution in [2.45, 2.75) is 58.1 Å². The fourth-order valence-corrected chi connectivity index (χ4v) is 4.41. The molecule has 3 aromatic rings.